The molecule has 5 nitrogen and oxygen atoms in total. The summed E-state index contributed by atoms with van der Waals surface area (Å²) < 4.78 is 10.5. The molecule has 0 aliphatic heterocycles. The number of aryl methyl sites for hydroxylation is 1. The first-order valence-electron chi connectivity index (χ1n) is 5.66. The average Bonchev–Trinajstić information content (AvgIpc) is 2.68. The van der Waals surface area contributed by atoms with E-state index in [4.69, 9.17) is 15.2 Å². The molecule has 2 aromatic rings. The molecule has 0 fully saturated rings. The van der Waals surface area contributed by atoms with E-state index in [-0.39, 0.29) is 0 Å². The SMILES string of the molecule is COc1ccc(Cc2nc(N)[nH]c2C)c(OC)c1. The number of nitrogen functional groups attached to an aromatic ring is 1. The molecule has 0 unspecified atom stereocenters. The molecule has 0 aliphatic rings. The number of imidazole rings is 1. The highest BCUT2D eigenvalue weighted by Gasteiger charge is 2.10. The molecule has 0 bridgehead atoms. The summed E-state index contributed by atoms with van der Waals surface area (Å²) in [4.78, 5) is 7.25. The van der Waals surface area contributed by atoms with Gasteiger partial charge in [-0.1, -0.05) is 6.07 Å². The van der Waals surface area contributed by atoms with Crippen molar-refractivity contribution in [3.63, 3.8) is 0 Å². The van der Waals surface area contributed by atoms with Crippen LogP contribution in [0.5, 0.6) is 11.5 Å². The van der Waals surface area contributed by atoms with Crippen LogP contribution in [0.25, 0.3) is 0 Å². The number of rotatable bonds is 4. The van der Waals surface area contributed by atoms with Crippen molar-refractivity contribution in [1.29, 1.82) is 0 Å². The van der Waals surface area contributed by atoms with Gasteiger partial charge < -0.3 is 20.2 Å². The Morgan fingerprint density at radius 2 is 2.06 bits per heavy atom. The number of hydrogen-bond donors (Lipinski definition) is 2. The first-order valence-corrected chi connectivity index (χ1v) is 5.66. The molecule has 18 heavy (non-hydrogen) atoms. The van der Waals surface area contributed by atoms with Crippen LogP contribution in [0.4, 0.5) is 5.95 Å². The van der Waals surface area contributed by atoms with Crippen molar-refractivity contribution in [3.8, 4) is 11.5 Å². The monoisotopic (exact) mass is 247 g/mol. The maximum absolute atomic E-state index is 5.63. The van der Waals surface area contributed by atoms with Gasteiger partial charge >= 0.3 is 0 Å². The van der Waals surface area contributed by atoms with Crippen LogP contribution in [-0.2, 0) is 6.42 Å². The number of anilines is 1. The Balaban J connectivity index is 2.31. The van der Waals surface area contributed by atoms with E-state index in [2.05, 4.69) is 9.97 Å². The van der Waals surface area contributed by atoms with Crippen molar-refractivity contribution in [3.05, 3.63) is 35.2 Å². The van der Waals surface area contributed by atoms with Crippen molar-refractivity contribution < 1.29 is 9.47 Å². The fourth-order valence-electron chi connectivity index (χ4n) is 1.87. The zero-order valence-corrected chi connectivity index (χ0v) is 10.8. The molecular weight excluding hydrogens is 230 g/mol. The Labute approximate surface area is 106 Å². The molecule has 96 valence electrons. The first-order chi connectivity index (χ1) is 8.63. The van der Waals surface area contributed by atoms with Crippen molar-refractivity contribution in [2.75, 3.05) is 20.0 Å². The van der Waals surface area contributed by atoms with Gasteiger partial charge in [-0.15, -0.1) is 0 Å². The van der Waals surface area contributed by atoms with Gasteiger partial charge in [0.25, 0.3) is 0 Å². The maximum atomic E-state index is 5.63. The Morgan fingerprint density at radius 3 is 2.61 bits per heavy atom. The molecule has 1 heterocycles. The Morgan fingerprint density at radius 1 is 1.28 bits per heavy atom. The second kappa shape index (κ2) is 5.00. The second-order valence-corrected chi connectivity index (χ2v) is 4.05. The topological polar surface area (TPSA) is 73.2 Å². The largest absolute Gasteiger partial charge is 0.497 e. The minimum Gasteiger partial charge on any atom is -0.497 e. The molecule has 3 N–H and O–H groups in total. The van der Waals surface area contributed by atoms with Crippen LogP contribution in [0.3, 0.4) is 0 Å². The molecule has 0 spiro atoms. The van der Waals surface area contributed by atoms with E-state index in [1.165, 1.54) is 0 Å². The van der Waals surface area contributed by atoms with Crippen molar-refractivity contribution in [1.82, 2.24) is 9.97 Å². The zero-order chi connectivity index (χ0) is 13.1. The quantitative estimate of drug-likeness (QED) is 0.865. The van der Waals surface area contributed by atoms with E-state index in [1.54, 1.807) is 14.2 Å². The van der Waals surface area contributed by atoms with Crippen molar-refractivity contribution in [2.45, 2.75) is 13.3 Å². The lowest BCUT2D eigenvalue weighted by Gasteiger charge is -2.09. The van der Waals surface area contributed by atoms with E-state index < -0.39 is 0 Å². The highest BCUT2D eigenvalue weighted by molar-refractivity contribution is 5.43. The average molecular weight is 247 g/mol. The second-order valence-electron chi connectivity index (χ2n) is 4.05. The van der Waals surface area contributed by atoms with Crippen LogP contribution in [0.15, 0.2) is 18.2 Å². The minimum atomic E-state index is 0.440. The van der Waals surface area contributed by atoms with Crippen molar-refractivity contribution in [2.24, 2.45) is 0 Å². The number of aromatic nitrogens is 2. The van der Waals surface area contributed by atoms with Gasteiger partial charge in [-0.2, -0.15) is 0 Å². The third-order valence-corrected chi connectivity index (χ3v) is 2.86. The van der Waals surface area contributed by atoms with Gasteiger partial charge in [0.2, 0.25) is 0 Å². The molecule has 0 amide bonds. The molecule has 0 aliphatic carbocycles. The molecule has 0 saturated carbocycles. The van der Waals surface area contributed by atoms with Crippen molar-refractivity contribution >= 4 is 5.95 Å². The highest BCUT2D eigenvalue weighted by atomic mass is 16.5. The fourth-order valence-corrected chi connectivity index (χ4v) is 1.87. The lowest BCUT2D eigenvalue weighted by molar-refractivity contribution is 0.391. The van der Waals surface area contributed by atoms with Gasteiger partial charge in [-0.05, 0) is 13.0 Å². The fraction of sp³-hybridized carbons (Fsp3) is 0.308. The molecule has 0 saturated heterocycles. The predicted octanol–water partition coefficient (Wildman–Crippen LogP) is 1.91. The van der Waals surface area contributed by atoms with Crippen LogP contribution >= 0.6 is 0 Å². The summed E-state index contributed by atoms with van der Waals surface area (Å²) in [5.41, 5.74) is 8.58. The molecule has 2 rings (SSSR count). The van der Waals surface area contributed by atoms with E-state index in [0.717, 1.165) is 28.5 Å². The summed E-state index contributed by atoms with van der Waals surface area (Å²) in [5.74, 6) is 2.00. The van der Waals surface area contributed by atoms with Gasteiger partial charge in [0, 0.05) is 23.7 Å². The molecule has 1 aromatic carbocycles. The summed E-state index contributed by atoms with van der Waals surface area (Å²) in [7, 11) is 3.27. The number of benzene rings is 1. The third kappa shape index (κ3) is 2.40. The van der Waals surface area contributed by atoms with Gasteiger partial charge in [0.1, 0.15) is 11.5 Å². The predicted molar refractivity (Wildman–Crippen MR) is 70.1 cm³/mol. The highest BCUT2D eigenvalue weighted by Crippen LogP contribution is 2.27. The summed E-state index contributed by atoms with van der Waals surface area (Å²) in [6.07, 6.45) is 0.673. The number of ether oxygens (including phenoxy) is 2. The number of nitrogens with zero attached hydrogens (tertiary/aromatic N) is 1. The third-order valence-electron chi connectivity index (χ3n) is 2.86. The summed E-state index contributed by atoms with van der Waals surface area (Å²) >= 11 is 0. The van der Waals surface area contributed by atoms with Crippen LogP contribution in [0.1, 0.15) is 17.0 Å². The number of nitrogens with one attached hydrogen (secondary N) is 1. The molecule has 1 aromatic heterocycles. The standard InChI is InChI=1S/C13H17N3O2/c1-8-11(16-13(14)15-8)6-9-4-5-10(17-2)7-12(9)18-3/h4-5,7H,6H2,1-3H3,(H3,14,15,16). The number of methoxy groups -OCH3 is 2. The van der Waals surface area contributed by atoms with Crippen LogP contribution < -0.4 is 15.2 Å². The summed E-state index contributed by atoms with van der Waals surface area (Å²) in [5, 5.41) is 0. The molecule has 0 radical (unpaired) electrons. The number of H-pyrrole nitrogens is 1. The van der Waals surface area contributed by atoms with E-state index in [1.807, 2.05) is 25.1 Å². The summed E-state index contributed by atoms with van der Waals surface area (Å²) in [6.45, 7) is 1.95. The van der Waals surface area contributed by atoms with E-state index >= 15 is 0 Å². The summed E-state index contributed by atoms with van der Waals surface area (Å²) in [6, 6.07) is 5.74. The maximum Gasteiger partial charge on any atom is 0.197 e. The number of aromatic amines is 1. The number of nitrogens with two attached hydrogens (primary N) is 1. The van der Waals surface area contributed by atoms with E-state index in [9.17, 15) is 0 Å². The number of hydrogen-bond acceptors (Lipinski definition) is 4. The smallest absolute Gasteiger partial charge is 0.197 e. The Bertz CT molecular complexity index is 549. The molecular formula is C13H17N3O2. The molecule has 0 atom stereocenters. The van der Waals surface area contributed by atoms with Gasteiger partial charge in [0.15, 0.2) is 5.95 Å². The van der Waals surface area contributed by atoms with E-state index in [0.29, 0.717) is 12.4 Å². The van der Waals surface area contributed by atoms with Gasteiger partial charge in [-0.3, -0.25) is 0 Å². The van der Waals surface area contributed by atoms with Gasteiger partial charge in [0.05, 0.1) is 19.9 Å². The minimum absolute atomic E-state index is 0.440. The van der Waals surface area contributed by atoms with Crippen LogP contribution in [-0.4, -0.2) is 24.2 Å². The Hall–Kier alpha value is -2.17. The normalized spacial score (nSPS) is 10.4. The lowest BCUT2D eigenvalue weighted by atomic mass is 10.1. The van der Waals surface area contributed by atoms with Crippen LogP contribution in [0, 0.1) is 6.92 Å². The Kier molecular flexibility index (Phi) is 3.41. The molecule has 5 heteroatoms. The van der Waals surface area contributed by atoms with Crippen LogP contribution in [0.2, 0.25) is 0 Å². The lowest BCUT2D eigenvalue weighted by Crippen LogP contribution is -1.97. The van der Waals surface area contributed by atoms with Gasteiger partial charge in [-0.25, -0.2) is 4.98 Å². The first kappa shape index (κ1) is 12.3. The zero-order valence-electron chi connectivity index (χ0n) is 10.8.